The first-order valence-electron chi connectivity index (χ1n) is 8.14. The molecule has 1 aliphatic rings. The molecule has 2 heteroatoms. The predicted octanol–water partition coefficient (Wildman–Crippen LogP) is 4.69. The molecule has 20 heavy (non-hydrogen) atoms. The maximum atomic E-state index is 6.51. The molecular formula is C18H29NO. The lowest BCUT2D eigenvalue weighted by atomic mass is 9.75. The van der Waals surface area contributed by atoms with Gasteiger partial charge in [0.2, 0.25) is 0 Å². The van der Waals surface area contributed by atoms with Gasteiger partial charge in [-0.25, -0.2) is 0 Å². The fourth-order valence-electron chi connectivity index (χ4n) is 3.52. The summed E-state index contributed by atoms with van der Waals surface area (Å²) < 4.78 is 5.45. The molecule has 0 radical (unpaired) electrons. The minimum atomic E-state index is 0.123. The first-order valence-corrected chi connectivity index (χ1v) is 8.14. The highest BCUT2D eigenvalue weighted by molar-refractivity contribution is 5.36. The van der Waals surface area contributed by atoms with Gasteiger partial charge in [0.05, 0.1) is 7.11 Å². The van der Waals surface area contributed by atoms with Crippen molar-refractivity contribution in [1.82, 2.24) is 0 Å². The number of ether oxygens (including phenoxy) is 1. The third-order valence-corrected chi connectivity index (χ3v) is 4.86. The van der Waals surface area contributed by atoms with Crippen molar-refractivity contribution >= 4 is 0 Å². The van der Waals surface area contributed by atoms with Crippen LogP contribution in [0.25, 0.3) is 0 Å². The highest BCUT2D eigenvalue weighted by Gasteiger charge is 2.27. The van der Waals surface area contributed by atoms with Crippen LogP contribution in [-0.4, -0.2) is 7.11 Å². The van der Waals surface area contributed by atoms with E-state index in [0.29, 0.717) is 5.92 Å². The van der Waals surface area contributed by atoms with Crippen molar-refractivity contribution in [2.75, 3.05) is 7.11 Å². The molecule has 1 aliphatic carbocycles. The molecule has 1 saturated carbocycles. The topological polar surface area (TPSA) is 35.2 Å². The number of rotatable bonds is 6. The van der Waals surface area contributed by atoms with Crippen molar-refractivity contribution in [3.05, 3.63) is 29.8 Å². The van der Waals surface area contributed by atoms with E-state index in [9.17, 15) is 0 Å². The zero-order valence-electron chi connectivity index (χ0n) is 13.0. The van der Waals surface area contributed by atoms with E-state index in [2.05, 4.69) is 19.1 Å². The molecular weight excluding hydrogens is 246 g/mol. The Hall–Kier alpha value is -1.02. The molecule has 0 aromatic heterocycles. The number of nitrogens with two attached hydrogens (primary N) is 1. The van der Waals surface area contributed by atoms with Gasteiger partial charge in [-0.2, -0.15) is 0 Å². The van der Waals surface area contributed by atoms with Gasteiger partial charge < -0.3 is 10.5 Å². The third kappa shape index (κ3) is 3.76. The van der Waals surface area contributed by atoms with Crippen molar-refractivity contribution < 1.29 is 4.74 Å². The second-order valence-corrected chi connectivity index (χ2v) is 6.19. The molecule has 112 valence electrons. The number of hydrogen-bond acceptors (Lipinski definition) is 2. The zero-order chi connectivity index (χ0) is 14.4. The zero-order valence-corrected chi connectivity index (χ0v) is 13.0. The highest BCUT2D eigenvalue weighted by atomic mass is 16.5. The van der Waals surface area contributed by atoms with E-state index in [0.717, 1.165) is 11.7 Å². The molecule has 1 aromatic carbocycles. The van der Waals surface area contributed by atoms with Gasteiger partial charge in [0.25, 0.3) is 0 Å². The van der Waals surface area contributed by atoms with Crippen LogP contribution in [0.4, 0.5) is 0 Å². The second-order valence-electron chi connectivity index (χ2n) is 6.19. The molecule has 2 N–H and O–H groups in total. The Kier molecular flexibility index (Phi) is 5.90. The van der Waals surface area contributed by atoms with Crippen molar-refractivity contribution in [3.8, 4) is 5.75 Å². The van der Waals surface area contributed by atoms with Crippen molar-refractivity contribution in [2.45, 2.75) is 57.9 Å². The molecule has 0 bridgehead atoms. The molecule has 1 fully saturated rings. The van der Waals surface area contributed by atoms with E-state index in [4.69, 9.17) is 10.5 Å². The summed E-state index contributed by atoms with van der Waals surface area (Å²) in [5, 5.41) is 0. The normalized spacial score (nSPS) is 24.4. The van der Waals surface area contributed by atoms with E-state index >= 15 is 0 Å². The molecule has 2 rings (SSSR count). The molecule has 0 aliphatic heterocycles. The average molecular weight is 275 g/mol. The largest absolute Gasteiger partial charge is 0.496 e. The SMILES string of the molecule is CCCCC1CCC(C(N)c2ccccc2OC)CC1. The van der Waals surface area contributed by atoms with Crippen LogP contribution in [0.5, 0.6) is 5.75 Å². The number of hydrogen-bond donors (Lipinski definition) is 1. The lowest BCUT2D eigenvalue weighted by Crippen LogP contribution is -2.26. The van der Waals surface area contributed by atoms with Crippen molar-refractivity contribution in [1.29, 1.82) is 0 Å². The van der Waals surface area contributed by atoms with Gasteiger partial charge in [-0.1, -0.05) is 57.2 Å². The first-order chi connectivity index (χ1) is 9.76. The average Bonchev–Trinajstić information content (AvgIpc) is 2.52. The summed E-state index contributed by atoms with van der Waals surface area (Å²) in [6.07, 6.45) is 9.36. The summed E-state index contributed by atoms with van der Waals surface area (Å²) in [6, 6.07) is 8.33. The van der Waals surface area contributed by atoms with Gasteiger partial charge >= 0.3 is 0 Å². The van der Waals surface area contributed by atoms with E-state index < -0.39 is 0 Å². The number of methoxy groups -OCH3 is 1. The summed E-state index contributed by atoms with van der Waals surface area (Å²) in [7, 11) is 1.73. The smallest absolute Gasteiger partial charge is 0.123 e. The molecule has 0 spiro atoms. The number of unbranched alkanes of at least 4 members (excludes halogenated alkanes) is 1. The molecule has 1 unspecified atom stereocenters. The first kappa shape index (κ1) is 15.4. The second kappa shape index (κ2) is 7.68. The monoisotopic (exact) mass is 275 g/mol. The maximum absolute atomic E-state index is 6.51. The quantitative estimate of drug-likeness (QED) is 0.817. The number of benzene rings is 1. The fourth-order valence-corrected chi connectivity index (χ4v) is 3.52. The summed E-state index contributed by atoms with van der Waals surface area (Å²) >= 11 is 0. The van der Waals surface area contributed by atoms with Gasteiger partial charge in [-0.15, -0.1) is 0 Å². The van der Waals surface area contributed by atoms with Crippen LogP contribution >= 0.6 is 0 Å². The minimum absolute atomic E-state index is 0.123. The van der Waals surface area contributed by atoms with Crippen LogP contribution in [0.3, 0.4) is 0 Å². The van der Waals surface area contributed by atoms with Crippen LogP contribution in [-0.2, 0) is 0 Å². The fraction of sp³-hybridized carbons (Fsp3) is 0.667. The lowest BCUT2D eigenvalue weighted by Gasteiger charge is -2.32. The summed E-state index contributed by atoms with van der Waals surface area (Å²) in [5.41, 5.74) is 7.68. The Balaban J connectivity index is 1.93. The summed E-state index contributed by atoms with van der Waals surface area (Å²) in [6.45, 7) is 2.28. The summed E-state index contributed by atoms with van der Waals surface area (Å²) in [4.78, 5) is 0. The van der Waals surface area contributed by atoms with E-state index in [1.54, 1.807) is 7.11 Å². The Labute approximate surface area is 123 Å². The van der Waals surface area contributed by atoms with E-state index in [1.165, 1.54) is 50.5 Å². The van der Waals surface area contributed by atoms with Crippen molar-refractivity contribution in [2.24, 2.45) is 17.6 Å². The van der Waals surface area contributed by atoms with Gasteiger partial charge in [-0.3, -0.25) is 0 Å². The van der Waals surface area contributed by atoms with Crippen LogP contribution in [0.2, 0.25) is 0 Å². The van der Waals surface area contributed by atoms with Gasteiger partial charge in [0, 0.05) is 11.6 Å². The molecule has 2 nitrogen and oxygen atoms in total. The Morgan fingerprint density at radius 2 is 1.90 bits per heavy atom. The minimum Gasteiger partial charge on any atom is -0.496 e. The maximum Gasteiger partial charge on any atom is 0.123 e. The Morgan fingerprint density at radius 3 is 2.55 bits per heavy atom. The number of para-hydroxylation sites is 1. The van der Waals surface area contributed by atoms with Gasteiger partial charge in [0.1, 0.15) is 5.75 Å². The Morgan fingerprint density at radius 1 is 1.20 bits per heavy atom. The van der Waals surface area contributed by atoms with Gasteiger partial charge in [-0.05, 0) is 30.7 Å². The predicted molar refractivity (Wildman–Crippen MR) is 84.9 cm³/mol. The molecule has 1 aromatic rings. The molecule has 1 atom stereocenters. The molecule has 0 heterocycles. The van der Waals surface area contributed by atoms with E-state index in [1.807, 2.05) is 12.1 Å². The lowest BCUT2D eigenvalue weighted by molar-refractivity contribution is 0.230. The Bertz CT molecular complexity index is 396. The van der Waals surface area contributed by atoms with Crippen LogP contribution in [0.1, 0.15) is 63.5 Å². The highest BCUT2D eigenvalue weighted by Crippen LogP contribution is 2.39. The van der Waals surface area contributed by atoms with Crippen molar-refractivity contribution in [3.63, 3.8) is 0 Å². The van der Waals surface area contributed by atoms with Crippen LogP contribution in [0.15, 0.2) is 24.3 Å². The summed E-state index contributed by atoms with van der Waals surface area (Å²) in [5.74, 6) is 2.49. The van der Waals surface area contributed by atoms with Crippen LogP contribution in [0, 0.1) is 11.8 Å². The molecule has 0 saturated heterocycles. The van der Waals surface area contributed by atoms with Gasteiger partial charge in [0.15, 0.2) is 0 Å². The van der Waals surface area contributed by atoms with Crippen LogP contribution < -0.4 is 10.5 Å². The standard InChI is InChI=1S/C18H29NO/c1-3-4-7-14-10-12-15(13-11-14)18(19)16-8-5-6-9-17(16)20-2/h5-6,8-9,14-15,18H,3-4,7,10-13,19H2,1-2H3. The third-order valence-electron chi connectivity index (χ3n) is 4.86. The molecule has 0 amide bonds. The van der Waals surface area contributed by atoms with E-state index in [-0.39, 0.29) is 6.04 Å².